The van der Waals surface area contributed by atoms with Crippen molar-refractivity contribution in [2.24, 2.45) is 0 Å². The SMILES string of the molecule is COc1cc(-n2cccc2)c(Cl)cc1C(=O)NC1CCN(C(=O)OC(C)(C)C)CC1. The van der Waals surface area contributed by atoms with Gasteiger partial charge in [-0.1, -0.05) is 11.6 Å². The molecule has 0 saturated carbocycles. The molecule has 1 N–H and O–H groups in total. The van der Waals surface area contributed by atoms with Crippen LogP contribution in [0.4, 0.5) is 4.79 Å². The van der Waals surface area contributed by atoms with E-state index >= 15 is 0 Å². The zero-order valence-electron chi connectivity index (χ0n) is 17.8. The minimum Gasteiger partial charge on any atom is -0.496 e. The molecule has 0 unspecified atom stereocenters. The Balaban J connectivity index is 1.64. The lowest BCUT2D eigenvalue weighted by atomic mass is 10.0. The molecule has 2 heterocycles. The van der Waals surface area contributed by atoms with E-state index in [1.807, 2.05) is 49.9 Å². The van der Waals surface area contributed by atoms with E-state index in [9.17, 15) is 9.59 Å². The zero-order valence-corrected chi connectivity index (χ0v) is 18.5. The molecule has 8 heteroatoms. The molecule has 1 aliphatic rings. The number of halogens is 1. The lowest BCUT2D eigenvalue weighted by Gasteiger charge is -2.33. The maximum Gasteiger partial charge on any atom is 0.410 e. The summed E-state index contributed by atoms with van der Waals surface area (Å²) in [5.41, 5.74) is 0.596. The van der Waals surface area contributed by atoms with Crippen LogP contribution >= 0.6 is 11.6 Å². The van der Waals surface area contributed by atoms with Crippen molar-refractivity contribution in [3.63, 3.8) is 0 Å². The number of benzene rings is 1. The summed E-state index contributed by atoms with van der Waals surface area (Å²) >= 11 is 6.43. The Hall–Kier alpha value is -2.67. The van der Waals surface area contributed by atoms with Crippen LogP contribution in [-0.2, 0) is 4.74 Å². The number of hydrogen-bond donors (Lipinski definition) is 1. The van der Waals surface area contributed by atoms with Gasteiger partial charge in [-0.3, -0.25) is 4.79 Å². The number of ether oxygens (including phenoxy) is 2. The van der Waals surface area contributed by atoms with Crippen molar-refractivity contribution in [2.45, 2.75) is 45.3 Å². The number of likely N-dealkylation sites (tertiary alicyclic amines) is 1. The van der Waals surface area contributed by atoms with Crippen molar-refractivity contribution in [1.29, 1.82) is 0 Å². The molecule has 2 amide bonds. The van der Waals surface area contributed by atoms with Crippen molar-refractivity contribution < 1.29 is 19.1 Å². The number of carbonyl (C=O) groups excluding carboxylic acids is 2. The second-order valence-electron chi connectivity index (χ2n) is 8.31. The minimum absolute atomic E-state index is 0.0382. The summed E-state index contributed by atoms with van der Waals surface area (Å²) in [6, 6.07) is 7.13. The van der Waals surface area contributed by atoms with Gasteiger partial charge in [0.2, 0.25) is 0 Å². The molecular weight excluding hydrogens is 406 g/mol. The molecule has 1 aliphatic heterocycles. The number of hydrogen-bond acceptors (Lipinski definition) is 4. The summed E-state index contributed by atoms with van der Waals surface area (Å²) in [5.74, 6) is 0.204. The van der Waals surface area contributed by atoms with Crippen LogP contribution in [0.2, 0.25) is 5.02 Å². The third kappa shape index (κ3) is 5.27. The number of carbonyl (C=O) groups is 2. The van der Waals surface area contributed by atoms with Gasteiger partial charge in [0.1, 0.15) is 11.4 Å². The van der Waals surface area contributed by atoms with E-state index in [0.717, 1.165) is 5.69 Å². The maximum absolute atomic E-state index is 12.9. The fourth-order valence-electron chi connectivity index (χ4n) is 3.38. The molecule has 0 atom stereocenters. The van der Waals surface area contributed by atoms with E-state index in [4.69, 9.17) is 21.1 Å². The van der Waals surface area contributed by atoms with Gasteiger partial charge >= 0.3 is 6.09 Å². The van der Waals surface area contributed by atoms with Crippen LogP contribution in [0.15, 0.2) is 36.7 Å². The van der Waals surface area contributed by atoms with Crippen molar-refractivity contribution in [1.82, 2.24) is 14.8 Å². The van der Waals surface area contributed by atoms with Gasteiger partial charge < -0.3 is 24.3 Å². The fraction of sp³-hybridized carbons (Fsp3) is 0.455. The average Bonchev–Trinajstić information content (AvgIpc) is 3.21. The number of rotatable bonds is 4. The van der Waals surface area contributed by atoms with E-state index in [1.165, 1.54) is 7.11 Å². The Morgan fingerprint density at radius 1 is 1.13 bits per heavy atom. The number of aromatic nitrogens is 1. The highest BCUT2D eigenvalue weighted by atomic mass is 35.5. The molecule has 1 fully saturated rings. The lowest BCUT2D eigenvalue weighted by Crippen LogP contribution is -2.47. The molecule has 0 aliphatic carbocycles. The Morgan fingerprint density at radius 2 is 1.77 bits per heavy atom. The molecule has 30 heavy (non-hydrogen) atoms. The highest BCUT2D eigenvalue weighted by Crippen LogP contribution is 2.30. The first-order valence-corrected chi connectivity index (χ1v) is 10.4. The van der Waals surface area contributed by atoms with Crippen LogP contribution in [-0.4, -0.2) is 53.3 Å². The lowest BCUT2D eigenvalue weighted by molar-refractivity contribution is 0.0199. The standard InChI is InChI=1S/C22H28ClN3O4/c1-22(2,3)30-21(28)26-11-7-15(8-12-26)24-20(27)16-13-17(23)18(14-19(16)29-4)25-9-5-6-10-25/h5-6,9-10,13-15H,7-8,11-12H2,1-4H3,(H,24,27). The number of methoxy groups -OCH3 is 1. The molecule has 3 rings (SSSR count). The Kier molecular flexibility index (Phi) is 6.61. The number of amides is 2. The highest BCUT2D eigenvalue weighted by molar-refractivity contribution is 6.33. The van der Waals surface area contributed by atoms with Crippen molar-refractivity contribution in [3.05, 3.63) is 47.2 Å². The molecule has 2 aromatic rings. The van der Waals surface area contributed by atoms with Crippen LogP contribution in [0.25, 0.3) is 5.69 Å². The quantitative estimate of drug-likeness (QED) is 0.781. The third-order valence-electron chi connectivity index (χ3n) is 4.88. The van der Waals surface area contributed by atoms with E-state index in [-0.39, 0.29) is 18.0 Å². The predicted molar refractivity (Wildman–Crippen MR) is 116 cm³/mol. The van der Waals surface area contributed by atoms with Crippen molar-refractivity contribution >= 4 is 23.6 Å². The zero-order chi connectivity index (χ0) is 21.9. The van der Waals surface area contributed by atoms with Gasteiger partial charge in [-0.2, -0.15) is 0 Å². The number of nitrogens with one attached hydrogen (secondary N) is 1. The van der Waals surface area contributed by atoms with E-state index in [1.54, 1.807) is 17.0 Å². The van der Waals surface area contributed by atoms with Gasteiger partial charge in [0.25, 0.3) is 5.91 Å². The molecule has 162 valence electrons. The third-order valence-corrected chi connectivity index (χ3v) is 5.18. The van der Waals surface area contributed by atoms with Gasteiger partial charge in [-0.25, -0.2) is 4.79 Å². The van der Waals surface area contributed by atoms with Gasteiger partial charge in [0.15, 0.2) is 0 Å². The first-order valence-electron chi connectivity index (χ1n) is 9.97. The molecular formula is C22H28ClN3O4. The summed E-state index contributed by atoms with van der Waals surface area (Å²) in [6.07, 6.45) is 4.74. The average molecular weight is 434 g/mol. The minimum atomic E-state index is -0.523. The van der Waals surface area contributed by atoms with E-state index in [0.29, 0.717) is 42.3 Å². The topological polar surface area (TPSA) is 72.8 Å². The van der Waals surface area contributed by atoms with Crippen LogP contribution < -0.4 is 10.1 Å². The first kappa shape index (κ1) is 22.0. The second kappa shape index (κ2) is 9.00. The van der Waals surface area contributed by atoms with Gasteiger partial charge in [0, 0.05) is 37.6 Å². The first-order chi connectivity index (χ1) is 14.2. The molecule has 0 bridgehead atoms. The molecule has 1 aromatic carbocycles. The molecule has 1 aromatic heterocycles. The highest BCUT2D eigenvalue weighted by Gasteiger charge is 2.28. The largest absolute Gasteiger partial charge is 0.496 e. The summed E-state index contributed by atoms with van der Waals surface area (Å²) in [6.45, 7) is 6.60. The Morgan fingerprint density at radius 3 is 2.33 bits per heavy atom. The fourth-order valence-corrected chi connectivity index (χ4v) is 3.64. The van der Waals surface area contributed by atoms with Crippen LogP contribution in [0.3, 0.4) is 0 Å². The van der Waals surface area contributed by atoms with Gasteiger partial charge in [0.05, 0.1) is 23.4 Å². The Labute approximate surface area is 181 Å². The van der Waals surface area contributed by atoms with Crippen molar-refractivity contribution in [3.8, 4) is 11.4 Å². The monoisotopic (exact) mass is 433 g/mol. The van der Waals surface area contributed by atoms with Crippen LogP contribution in [0.5, 0.6) is 5.75 Å². The summed E-state index contributed by atoms with van der Waals surface area (Å²) in [4.78, 5) is 26.8. The molecule has 7 nitrogen and oxygen atoms in total. The number of nitrogens with zero attached hydrogens (tertiary/aromatic N) is 2. The van der Waals surface area contributed by atoms with Gasteiger partial charge in [-0.05, 0) is 51.8 Å². The summed E-state index contributed by atoms with van der Waals surface area (Å²) in [5, 5.41) is 3.49. The molecule has 1 saturated heterocycles. The van der Waals surface area contributed by atoms with E-state index < -0.39 is 5.60 Å². The van der Waals surface area contributed by atoms with Crippen LogP contribution in [0, 0.1) is 0 Å². The normalized spacial score (nSPS) is 15.0. The predicted octanol–water partition coefficient (Wildman–Crippen LogP) is 4.27. The molecule has 0 spiro atoms. The smallest absolute Gasteiger partial charge is 0.410 e. The number of piperidine rings is 1. The van der Waals surface area contributed by atoms with Crippen molar-refractivity contribution in [2.75, 3.05) is 20.2 Å². The summed E-state index contributed by atoms with van der Waals surface area (Å²) < 4.78 is 12.7. The second-order valence-corrected chi connectivity index (χ2v) is 8.72. The van der Waals surface area contributed by atoms with Gasteiger partial charge in [-0.15, -0.1) is 0 Å². The van der Waals surface area contributed by atoms with E-state index in [2.05, 4.69) is 5.32 Å². The maximum atomic E-state index is 12.9. The molecule has 0 radical (unpaired) electrons. The van der Waals surface area contributed by atoms with Crippen LogP contribution in [0.1, 0.15) is 44.0 Å². The Bertz CT molecular complexity index is 898. The summed E-state index contributed by atoms with van der Waals surface area (Å²) in [7, 11) is 1.53.